The van der Waals surface area contributed by atoms with Gasteiger partial charge in [-0.05, 0) is 18.6 Å². The molecule has 0 saturated carbocycles. The van der Waals surface area contributed by atoms with Gasteiger partial charge in [0, 0.05) is 0 Å². The second kappa shape index (κ2) is 6.13. The van der Waals surface area contributed by atoms with Crippen LogP contribution in [0.3, 0.4) is 0 Å². The first-order valence-corrected chi connectivity index (χ1v) is 5.10. The molecule has 0 saturated heterocycles. The minimum atomic E-state index is -4.35. The average molecular weight is 242 g/mol. The van der Waals surface area contributed by atoms with E-state index in [0.717, 1.165) is 5.56 Å². The van der Waals surface area contributed by atoms with Crippen LogP contribution < -0.4 is 0 Å². The zero-order valence-corrected chi connectivity index (χ0v) is 9.32. The number of halogens is 3. The third kappa shape index (κ3) is 5.24. The molecule has 0 aliphatic rings. The summed E-state index contributed by atoms with van der Waals surface area (Å²) in [5.41, 5.74) is 0.803. The Bertz CT molecular complexity index is 379. The molecule has 1 aromatic rings. The lowest BCUT2D eigenvalue weighted by atomic mass is 10.1. The zero-order valence-electron chi connectivity index (χ0n) is 9.32. The van der Waals surface area contributed by atoms with Crippen molar-refractivity contribution in [3.63, 3.8) is 0 Å². The minimum Gasteiger partial charge on any atom is -0.489 e. The smallest absolute Gasteiger partial charge is 0.412 e. The molecule has 0 aliphatic carbocycles. The van der Waals surface area contributed by atoms with E-state index >= 15 is 0 Å². The number of benzene rings is 1. The molecule has 0 aromatic heterocycles. The van der Waals surface area contributed by atoms with Gasteiger partial charge in [0.25, 0.3) is 0 Å². The average Bonchev–Trinajstić information content (AvgIpc) is 2.27. The summed E-state index contributed by atoms with van der Waals surface area (Å²) in [7, 11) is 0. The highest BCUT2D eigenvalue weighted by molar-refractivity contribution is 5.21. The summed E-state index contributed by atoms with van der Waals surface area (Å²) in [5.74, 6) is 0. The lowest BCUT2D eigenvalue weighted by Crippen LogP contribution is -2.02. The van der Waals surface area contributed by atoms with Gasteiger partial charge in [0.15, 0.2) is 0 Å². The standard InChI is InChI=1S/C13H13F3O/c1-2-6-12(11-7-4-3-5-8-11)17-10-9-13(14,15)16/h2-10,12H,1H3/b6-2+,10-9+. The summed E-state index contributed by atoms with van der Waals surface area (Å²) in [6.07, 6.45) is -0.670. The zero-order chi connectivity index (χ0) is 12.7. The highest BCUT2D eigenvalue weighted by atomic mass is 19.4. The fraction of sp³-hybridized carbons (Fsp3) is 0.231. The van der Waals surface area contributed by atoms with E-state index < -0.39 is 12.3 Å². The number of hydrogen-bond donors (Lipinski definition) is 0. The number of hydrogen-bond acceptors (Lipinski definition) is 1. The van der Waals surface area contributed by atoms with Crippen LogP contribution in [0.4, 0.5) is 13.2 Å². The third-order valence-electron chi connectivity index (χ3n) is 1.98. The van der Waals surface area contributed by atoms with Gasteiger partial charge >= 0.3 is 6.18 Å². The SMILES string of the molecule is C/C=C/C(O/C=C/C(F)(F)F)c1ccccc1. The summed E-state index contributed by atoms with van der Waals surface area (Å²) in [5, 5.41) is 0. The van der Waals surface area contributed by atoms with Crippen LogP contribution in [0, 0.1) is 0 Å². The summed E-state index contributed by atoms with van der Waals surface area (Å²) in [6.45, 7) is 1.78. The quantitative estimate of drug-likeness (QED) is 0.561. The lowest BCUT2D eigenvalue weighted by molar-refractivity contribution is -0.0819. The Morgan fingerprint density at radius 1 is 1.18 bits per heavy atom. The molecule has 0 N–H and O–H groups in total. The van der Waals surface area contributed by atoms with Crippen LogP contribution in [-0.4, -0.2) is 6.18 Å². The Balaban J connectivity index is 2.72. The normalized spacial score (nSPS) is 14.4. The van der Waals surface area contributed by atoms with Crippen LogP contribution in [0.15, 0.2) is 54.8 Å². The first-order chi connectivity index (χ1) is 8.03. The van der Waals surface area contributed by atoms with Crippen molar-refractivity contribution in [1.29, 1.82) is 0 Å². The second-order valence-corrected chi connectivity index (χ2v) is 3.34. The number of alkyl halides is 3. The Labute approximate surface area is 98.2 Å². The lowest BCUT2D eigenvalue weighted by Gasteiger charge is -2.13. The molecule has 0 aliphatic heterocycles. The second-order valence-electron chi connectivity index (χ2n) is 3.34. The summed E-state index contributed by atoms with van der Waals surface area (Å²) in [4.78, 5) is 0. The Hall–Kier alpha value is -1.71. The molecule has 1 atom stereocenters. The van der Waals surface area contributed by atoms with E-state index in [2.05, 4.69) is 0 Å². The van der Waals surface area contributed by atoms with Crippen LogP contribution in [-0.2, 0) is 4.74 Å². The van der Waals surface area contributed by atoms with Crippen LogP contribution >= 0.6 is 0 Å². The molecule has 0 spiro atoms. The maximum atomic E-state index is 11.9. The minimum absolute atomic E-state index is 0.0758. The molecule has 92 valence electrons. The van der Waals surface area contributed by atoms with E-state index in [-0.39, 0.29) is 6.08 Å². The summed E-state index contributed by atoms with van der Waals surface area (Å²) < 4.78 is 40.8. The van der Waals surface area contributed by atoms with Gasteiger partial charge in [-0.15, -0.1) is 0 Å². The largest absolute Gasteiger partial charge is 0.489 e. The summed E-state index contributed by atoms with van der Waals surface area (Å²) in [6, 6.07) is 9.05. The van der Waals surface area contributed by atoms with E-state index in [0.29, 0.717) is 6.26 Å². The number of allylic oxidation sites excluding steroid dienone is 2. The predicted octanol–water partition coefficient (Wildman–Crippen LogP) is 4.40. The molecule has 0 heterocycles. The molecule has 1 rings (SSSR count). The number of rotatable bonds is 4. The van der Waals surface area contributed by atoms with Crippen molar-refractivity contribution in [3.8, 4) is 0 Å². The highest BCUT2D eigenvalue weighted by Gasteiger charge is 2.22. The van der Waals surface area contributed by atoms with Gasteiger partial charge in [0.2, 0.25) is 0 Å². The van der Waals surface area contributed by atoms with Crippen molar-refractivity contribution >= 4 is 0 Å². The van der Waals surface area contributed by atoms with E-state index in [4.69, 9.17) is 4.74 Å². The van der Waals surface area contributed by atoms with Crippen LogP contribution in [0.1, 0.15) is 18.6 Å². The van der Waals surface area contributed by atoms with Crippen LogP contribution in [0.2, 0.25) is 0 Å². The van der Waals surface area contributed by atoms with Gasteiger partial charge in [-0.1, -0.05) is 36.4 Å². The van der Waals surface area contributed by atoms with Gasteiger partial charge in [0.05, 0.1) is 12.3 Å². The molecule has 1 nitrogen and oxygen atoms in total. The fourth-order valence-electron chi connectivity index (χ4n) is 1.25. The van der Waals surface area contributed by atoms with Crippen LogP contribution in [0.5, 0.6) is 0 Å². The van der Waals surface area contributed by atoms with Gasteiger partial charge in [-0.25, -0.2) is 0 Å². The monoisotopic (exact) mass is 242 g/mol. The topological polar surface area (TPSA) is 9.23 Å². The molecular formula is C13H13F3O. The van der Waals surface area contributed by atoms with Gasteiger partial charge in [-0.3, -0.25) is 0 Å². The highest BCUT2D eigenvalue weighted by Crippen LogP contribution is 2.21. The Kier molecular flexibility index (Phi) is 4.82. The first kappa shape index (κ1) is 13.4. The van der Waals surface area contributed by atoms with Crippen LogP contribution in [0.25, 0.3) is 0 Å². The van der Waals surface area contributed by atoms with Crippen molar-refractivity contribution in [3.05, 3.63) is 60.4 Å². The van der Waals surface area contributed by atoms with Gasteiger partial charge in [-0.2, -0.15) is 13.2 Å². The van der Waals surface area contributed by atoms with Gasteiger partial charge in [0.1, 0.15) is 6.10 Å². The first-order valence-electron chi connectivity index (χ1n) is 5.10. The van der Waals surface area contributed by atoms with Crippen molar-refractivity contribution < 1.29 is 17.9 Å². The third-order valence-corrected chi connectivity index (χ3v) is 1.98. The number of ether oxygens (including phenoxy) is 1. The molecule has 0 fully saturated rings. The molecule has 4 heteroatoms. The summed E-state index contributed by atoms with van der Waals surface area (Å²) >= 11 is 0. The Morgan fingerprint density at radius 3 is 2.35 bits per heavy atom. The van der Waals surface area contributed by atoms with Crippen molar-refractivity contribution in [2.75, 3.05) is 0 Å². The molecule has 1 aromatic carbocycles. The van der Waals surface area contributed by atoms with E-state index in [1.165, 1.54) is 0 Å². The van der Waals surface area contributed by atoms with E-state index in [9.17, 15) is 13.2 Å². The molecule has 0 radical (unpaired) electrons. The molecule has 0 amide bonds. The maximum Gasteiger partial charge on any atom is 0.412 e. The van der Waals surface area contributed by atoms with Crippen molar-refractivity contribution in [1.82, 2.24) is 0 Å². The van der Waals surface area contributed by atoms with E-state index in [1.807, 2.05) is 18.2 Å². The fourth-order valence-corrected chi connectivity index (χ4v) is 1.25. The maximum absolute atomic E-state index is 11.9. The van der Waals surface area contributed by atoms with E-state index in [1.54, 1.807) is 31.2 Å². The molecule has 0 bridgehead atoms. The van der Waals surface area contributed by atoms with Crippen molar-refractivity contribution in [2.24, 2.45) is 0 Å². The van der Waals surface area contributed by atoms with Crippen molar-refractivity contribution in [2.45, 2.75) is 19.2 Å². The Morgan fingerprint density at radius 2 is 1.82 bits per heavy atom. The molecule has 17 heavy (non-hydrogen) atoms. The molecule has 1 unspecified atom stereocenters. The van der Waals surface area contributed by atoms with Gasteiger partial charge < -0.3 is 4.74 Å². The predicted molar refractivity (Wildman–Crippen MR) is 60.3 cm³/mol. The molecular weight excluding hydrogens is 229 g/mol.